The van der Waals surface area contributed by atoms with E-state index in [1.807, 2.05) is 0 Å². The first kappa shape index (κ1) is 13.3. The highest BCUT2D eigenvalue weighted by Gasteiger charge is 2.30. The number of nitrogens with two attached hydrogens (primary N) is 1. The van der Waals surface area contributed by atoms with Crippen LogP contribution < -0.4 is 5.73 Å². The summed E-state index contributed by atoms with van der Waals surface area (Å²) in [4.78, 5) is 7.44. The number of benzene rings is 1. The quantitative estimate of drug-likeness (QED) is 0.810. The molecule has 0 aliphatic heterocycles. The van der Waals surface area contributed by atoms with Gasteiger partial charge < -0.3 is 5.73 Å². The number of halogens is 4. The molecule has 0 saturated heterocycles. The first-order chi connectivity index (χ1) is 8.79. The number of hydrogen-bond donors (Lipinski definition) is 1. The molecule has 0 aliphatic carbocycles. The Morgan fingerprint density at radius 3 is 2.42 bits per heavy atom. The highest BCUT2D eigenvalue weighted by Crippen LogP contribution is 2.31. The summed E-state index contributed by atoms with van der Waals surface area (Å²) in [6.45, 7) is 1.37. The Labute approximate surface area is 106 Å². The highest BCUT2D eigenvalue weighted by molar-refractivity contribution is 5.58. The first-order valence-corrected chi connectivity index (χ1v) is 5.26. The molecule has 0 unspecified atom stereocenters. The Morgan fingerprint density at radius 1 is 1.16 bits per heavy atom. The molecule has 0 atom stereocenters. The van der Waals surface area contributed by atoms with Gasteiger partial charge in [0.25, 0.3) is 0 Å². The molecule has 1 aromatic heterocycles. The fourth-order valence-electron chi connectivity index (χ4n) is 1.55. The maximum absolute atomic E-state index is 13.3. The van der Waals surface area contributed by atoms with E-state index in [1.165, 1.54) is 19.1 Å². The second-order valence-corrected chi connectivity index (χ2v) is 3.91. The van der Waals surface area contributed by atoms with Crippen molar-refractivity contribution in [2.24, 2.45) is 0 Å². The second kappa shape index (κ2) is 4.49. The first-order valence-electron chi connectivity index (χ1n) is 5.26. The van der Waals surface area contributed by atoms with Gasteiger partial charge in [-0.25, -0.2) is 14.4 Å². The standard InChI is InChI=1S/C12H9F4N3/c1-6-9(13)10(17)19-11(18-6)7-3-2-4-8(5-7)12(14,15)16/h2-5H,1H3,(H2,17,18,19). The van der Waals surface area contributed by atoms with E-state index >= 15 is 0 Å². The summed E-state index contributed by atoms with van der Waals surface area (Å²) in [5.41, 5.74) is 4.62. The number of aromatic nitrogens is 2. The van der Waals surface area contributed by atoms with Gasteiger partial charge in [0, 0.05) is 5.56 Å². The van der Waals surface area contributed by atoms with Crippen molar-refractivity contribution in [1.82, 2.24) is 9.97 Å². The van der Waals surface area contributed by atoms with Gasteiger partial charge in [0.05, 0.1) is 11.3 Å². The molecular weight excluding hydrogens is 262 g/mol. The van der Waals surface area contributed by atoms with E-state index in [9.17, 15) is 17.6 Å². The lowest BCUT2D eigenvalue weighted by atomic mass is 10.1. The molecule has 0 aliphatic rings. The number of nitrogens with zero attached hydrogens (tertiary/aromatic N) is 2. The van der Waals surface area contributed by atoms with Crippen molar-refractivity contribution in [1.29, 1.82) is 0 Å². The van der Waals surface area contributed by atoms with Crippen LogP contribution in [0.5, 0.6) is 0 Å². The second-order valence-electron chi connectivity index (χ2n) is 3.91. The van der Waals surface area contributed by atoms with Gasteiger partial charge in [-0.2, -0.15) is 13.2 Å². The minimum absolute atomic E-state index is 0.0140. The summed E-state index contributed by atoms with van der Waals surface area (Å²) in [5.74, 6) is -1.20. The van der Waals surface area contributed by atoms with E-state index in [0.29, 0.717) is 0 Å². The molecule has 7 heteroatoms. The minimum Gasteiger partial charge on any atom is -0.381 e. The lowest BCUT2D eigenvalue weighted by molar-refractivity contribution is -0.137. The molecule has 2 aromatic rings. The molecule has 1 aromatic carbocycles. The molecule has 2 N–H and O–H groups in total. The Morgan fingerprint density at radius 2 is 1.84 bits per heavy atom. The summed E-state index contributed by atoms with van der Waals surface area (Å²) < 4.78 is 51.0. The summed E-state index contributed by atoms with van der Waals surface area (Å²) in [5, 5.41) is 0. The van der Waals surface area contributed by atoms with E-state index in [4.69, 9.17) is 5.73 Å². The molecular formula is C12H9F4N3. The molecule has 0 saturated carbocycles. The molecule has 1 heterocycles. The van der Waals surface area contributed by atoms with Crippen LogP contribution in [0.25, 0.3) is 11.4 Å². The largest absolute Gasteiger partial charge is 0.416 e. The van der Waals surface area contributed by atoms with Crippen LogP contribution in [-0.4, -0.2) is 9.97 Å². The number of nitrogen functional groups attached to an aromatic ring is 1. The number of rotatable bonds is 1. The fraction of sp³-hybridized carbons (Fsp3) is 0.167. The van der Waals surface area contributed by atoms with Gasteiger partial charge in [-0.15, -0.1) is 0 Å². The van der Waals surface area contributed by atoms with Crippen molar-refractivity contribution < 1.29 is 17.6 Å². The summed E-state index contributed by atoms with van der Waals surface area (Å²) in [7, 11) is 0. The molecule has 0 amide bonds. The molecule has 2 rings (SSSR count). The summed E-state index contributed by atoms with van der Waals surface area (Å²) >= 11 is 0. The van der Waals surface area contributed by atoms with Crippen molar-refractivity contribution in [3.05, 3.63) is 41.3 Å². The van der Waals surface area contributed by atoms with Gasteiger partial charge in [-0.05, 0) is 19.1 Å². The summed E-state index contributed by atoms with van der Waals surface area (Å²) in [6.07, 6.45) is -4.46. The van der Waals surface area contributed by atoms with Crippen LogP contribution in [0.2, 0.25) is 0 Å². The van der Waals surface area contributed by atoms with E-state index < -0.39 is 17.6 Å². The van der Waals surface area contributed by atoms with Gasteiger partial charge >= 0.3 is 6.18 Å². The fourth-order valence-corrected chi connectivity index (χ4v) is 1.55. The predicted octanol–water partition coefficient (Wildman–Crippen LogP) is 3.19. The van der Waals surface area contributed by atoms with Crippen LogP contribution in [0.3, 0.4) is 0 Å². The molecule has 0 bridgehead atoms. The van der Waals surface area contributed by atoms with Crippen LogP contribution in [0.1, 0.15) is 11.3 Å². The Kier molecular flexibility index (Phi) is 3.13. The minimum atomic E-state index is -4.46. The molecule has 3 nitrogen and oxygen atoms in total. The summed E-state index contributed by atoms with van der Waals surface area (Å²) in [6, 6.07) is 4.47. The number of alkyl halides is 3. The number of hydrogen-bond acceptors (Lipinski definition) is 3. The normalized spacial score (nSPS) is 11.6. The van der Waals surface area contributed by atoms with Crippen LogP contribution in [0.15, 0.2) is 24.3 Å². The van der Waals surface area contributed by atoms with Crippen molar-refractivity contribution in [2.75, 3.05) is 5.73 Å². The van der Waals surface area contributed by atoms with Crippen LogP contribution in [0.4, 0.5) is 23.4 Å². The van der Waals surface area contributed by atoms with Crippen molar-refractivity contribution in [3.8, 4) is 11.4 Å². The maximum Gasteiger partial charge on any atom is 0.416 e. The maximum atomic E-state index is 13.3. The third-order valence-electron chi connectivity index (χ3n) is 2.49. The Bertz CT molecular complexity index is 600. The SMILES string of the molecule is Cc1nc(-c2cccc(C(F)(F)F)c2)nc(N)c1F. The lowest BCUT2D eigenvalue weighted by Gasteiger charge is -2.09. The van der Waals surface area contributed by atoms with Crippen LogP contribution >= 0.6 is 0 Å². The molecule has 0 spiro atoms. The zero-order valence-electron chi connectivity index (χ0n) is 9.79. The zero-order chi connectivity index (χ0) is 14.2. The Hall–Kier alpha value is -2.18. The smallest absolute Gasteiger partial charge is 0.381 e. The molecule has 0 radical (unpaired) electrons. The van der Waals surface area contributed by atoms with E-state index in [1.54, 1.807) is 0 Å². The number of aryl methyl sites for hydroxylation is 1. The van der Waals surface area contributed by atoms with Crippen LogP contribution in [-0.2, 0) is 6.18 Å². The topological polar surface area (TPSA) is 51.8 Å². The monoisotopic (exact) mass is 271 g/mol. The van der Waals surface area contributed by atoms with Gasteiger partial charge in [-0.1, -0.05) is 12.1 Å². The Balaban J connectivity index is 2.54. The van der Waals surface area contributed by atoms with Crippen molar-refractivity contribution in [2.45, 2.75) is 13.1 Å². The number of anilines is 1. The van der Waals surface area contributed by atoms with Gasteiger partial charge in [0.1, 0.15) is 0 Å². The average Bonchev–Trinajstić information content (AvgIpc) is 2.34. The van der Waals surface area contributed by atoms with Crippen molar-refractivity contribution >= 4 is 5.82 Å². The third-order valence-corrected chi connectivity index (χ3v) is 2.49. The third kappa shape index (κ3) is 2.64. The van der Waals surface area contributed by atoms with Gasteiger partial charge in [0.2, 0.25) is 0 Å². The molecule has 19 heavy (non-hydrogen) atoms. The predicted molar refractivity (Wildman–Crippen MR) is 61.6 cm³/mol. The van der Waals surface area contributed by atoms with Crippen LogP contribution in [0, 0.1) is 12.7 Å². The van der Waals surface area contributed by atoms with Crippen molar-refractivity contribution in [3.63, 3.8) is 0 Å². The highest BCUT2D eigenvalue weighted by atomic mass is 19.4. The van der Waals surface area contributed by atoms with Gasteiger partial charge in [0.15, 0.2) is 17.5 Å². The van der Waals surface area contributed by atoms with Gasteiger partial charge in [-0.3, -0.25) is 0 Å². The van der Waals surface area contributed by atoms with E-state index in [0.717, 1.165) is 12.1 Å². The molecule has 0 fully saturated rings. The zero-order valence-corrected chi connectivity index (χ0v) is 9.79. The average molecular weight is 271 g/mol. The molecule has 100 valence electrons. The van der Waals surface area contributed by atoms with E-state index in [-0.39, 0.29) is 22.9 Å². The lowest BCUT2D eigenvalue weighted by Crippen LogP contribution is -2.06. The van der Waals surface area contributed by atoms with E-state index in [2.05, 4.69) is 9.97 Å².